The number of carbonyl (C=O) groups is 2. The standard InChI is InChI=1S/C26H20O8/c1-14-17(34-26(28)23-19(29-2)5-4-6-20(23)30-3)10-8-16-24(27)22(33-25(14)16)12-15-7-9-18-21(11-15)32-13-31-18/h4-12H,13H2,1-3H3/b22-12-. The van der Waals surface area contributed by atoms with E-state index in [1.165, 1.54) is 14.2 Å². The van der Waals surface area contributed by atoms with Crippen molar-refractivity contribution < 1.29 is 38.0 Å². The summed E-state index contributed by atoms with van der Waals surface area (Å²) in [6, 6.07) is 13.5. The first-order chi connectivity index (χ1) is 16.5. The Labute approximate surface area is 195 Å². The number of allylic oxidation sites excluding steroid dienone is 1. The summed E-state index contributed by atoms with van der Waals surface area (Å²) in [6.45, 7) is 1.88. The first-order valence-corrected chi connectivity index (χ1v) is 10.4. The number of esters is 1. The van der Waals surface area contributed by atoms with Gasteiger partial charge < -0.3 is 28.4 Å². The van der Waals surface area contributed by atoms with E-state index in [9.17, 15) is 9.59 Å². The average Bonchev–Trinajstić information content (AvgIpc) is 3.44. The molecule has 0 bridgehead atoms. The summed E-state index contributed by atoms with van der Waals surface area (Å²) in [6.07, 6.45) is 1.63. The van der Waals surface area contributed by atoms with Gasteiger partial charge in [0.05, 0.1) is 19.8 Å². The number of Topliss-reactive ketones (excluding diaryl/α,β-unsaturated/α-hetero) is 1. The predicted molar refractivity (Wildman–Crippen MR) is 121 cm³/mol. The monoisotopic (exact) mass is 460 g/mol. The van der Waals surface area contributed by atoms with Crippen molar-refractivity contribution in [2.75, 3.05) is 21.0 Å². The number of hydrogen-bond donors (Lipinski definition) is 0. The van der Waals surface area contributed by atoms with Gasteiger partial charge in [-0.15, -0.1) is 0 Å². The summed E-state index contributed by atoms with van der Waals surface area (Å²) in [5.74, 6) is 1.74. The Bertz CT molecular complexity index is 1330. The van der Waals surface area contributed by atoms with Crippen molar-refractivity contribution in [3.05, 3.63) is 76.5 Å². The maximum atomic E-state index is 13.0. The van der Waals surface area contributed by atoms with E-state index in [4.69, 9.17) is 28.4 Å². The second kappa shape index (κ2) is 8.47. The number of ether oxygens (including phenoxy) is 6. The van der Waals surface area contributed by atoms with Gasteiger partial charge in [-0.25, -0.2) is 4.79 Å². The molecule has 5 rings (SSSR count). The van der Waals surface area contributed by atoms with Gasteiger partial charge in [0.25, 0.3) is 0 Å². The molecule has 0 aromatic heterocycles. The summed E-state index contributed by atoms with van der Waals surface area (Å²) in [5.41, 5.74) is 1.79. The fourth-order valence-electron chi connectivity index (χ4n) is 3.84. The molecular weight excluding hydrogens is 440 g/mol. The SMILES string of the molecule is COc1cccc(OC)c1C(=O)Oc1ccc2c(c1C)O/C(=C\c1ccc3c(c1)OCO3)C2=O. The number of carbonyl (C=O) groups excluding carboxylic acids is 2. The van der Waals surface area contributed by atoms with E-state index in [0.717, 1.165) is 5.56 Å². The van der Waals surface area contributed by atoms with Crippen LogP contribution in [0.4, 0.5) is 0 Å². The zero-order valence-electron chi connectivity index (χ0n) is 18.7. The van der Waals surface area contributed by atoms with E-state index in [1.54, 1.807) is 61.5 Å². The topological polar surface area (TPSA) is 89.5 Å². The predicted octanol–water partition coefficient (Wildman–Crippen LogP) is 4.58. The third-order valence-corrected chi connectivity index (χ3v) is 5.57. The summed E-state index contributed by atoms with van der Waals surface area (Å²) in [7, 11) is 2.92. The molecule has 0 radical (unpaired) electrons. The second-order valence-corrected chi connectivity index (χ2v) is 7.54. The van der Waals surface area contributed by atoms with Crippen LogP contribution in [-0.2, 0) is 0 Å². The van der Waals surface area contributed by atoms with Gasteiger partial charge in [0, 0.05) is 5.56 Å². The maximum absolute atomic E-state index is 13.0. The van der Waals surface area contributed by atoms with Crippen LogP contribution in [0, 0.1) is 6.92 Å². The zero-order chi connectivity index (χ0) is 23.8. The van der Waals surface area contributed by atoms with Crippen LogP contribution in [0.2, 0.25) is 0 Å². The maximum Gasteiger partial charge on any atom is 0.351 e. The molecule has 0 saturated heterocycles. The summed E-state index contributed by atoms with van der Waals surface area (Å²) >= 11 is 0. The molecule has 2 heterocycles. The molecular formula is C26H20O8. The number of methoxy groups -OCH3 is 2. The third kappa shape index (κ3) is 3.59. The first-order valence-electron chi connectivity index (χ1n) is 10.4. The minimum absolute atomic E-state index is 0.159. The average molecular weight is 460 g/mol. The van der Waals surface area contributed by atoms with Crippen molar-refractivity contribution in [3.8, 4) is 34.5 Å². The lowest BCUT2D eigenvalue weighted by Gasteiger charge is -2.14. The molecule has 34 heavy (non-hydrogen) atoms. The lowest BCUT2D eigenvalue weighted by molar-refractivity contribution is 0.0726. The van der Waals surface area contributed by atoms with E-state index in [1.807, 2.05) is 0 Å². The lowest BCUT2D eigenvalue weighted by Crippen LogP contribution is -2.12. The van der Waals surface area contributed by atoms with Crippen LogP contribution in [0.15, 0.2) is 54.3 Å². The number of rotatable bonds is 5. The van der Waals surface area contributed by atoms with Crippen molar-refractivity contribution in [2.45, 2.75) is 6.92 Å². The van der Waals surface area contributed by atoms with Crippen LogP contribution in [0.5, 0.6) is 34.5 Å². The summed E-state index contributed by atoms with van der Waals surface area (Å²) in [5, 5.41) is 0. The molecule has 0 saturated carbocycles. The van der Waals surface area contributed by atoms with Crippen LogP contribution in [0.3, 0.4) is 0 Å². The first kappa shape index (κ1) is 21.4. The van der Waals surface area contributed by atoms with Gasteiger partial charge in [-0.3, -0.25) is 4.79 Å². The summed E-state index contributed by atoms with van der Waals surface area (Å²) in [4.78, 5) is 25.9. The normalized spacial score (nSPS) is 14.6. The highest BCUT2D eigenvalue weighted by atomic mass is 16.7. The molecule has 8 nitrogen and oxygen atoms in total. The molecule has 0 N–H and O–H groups in total. The lowest BCUT2D eigenvalue weighted by atomic mass is 10.1. The highest BCUT2D eigenvalue weighted by molar-refractivity contribution is 6.15. The van der Waals surface area contributed by atoms with Gasteiger partial charge in [0.1, 0.15) is 28.6 Å². The number of ketones is 1. The molecule has 0 fully saturated rings. The molecule has 0 atom stereocenters. The quantitative estimate of drug-likeness (QED) is 0.311. The summed E-state index contributed by atoms with van der Waals surface area (Å²) < 4.78 is 32.8. The fraction of sp³-hybridized carbons (Fsp3) is 0.154. The van der Waals surface area contributed by atoms with Crippen LogP contribution in [0.25, 0.3) is 6.08 Å². The Morgan fingerprint density at radius 1 is 0.941 bits per heavy atom. The van der Waals surface area contributed by atoms with E-state index in [-0.39, 0.29) is 29.6 Å². The van der Waals surface area contributed by atoms with Crippen molar-refractivity contribution >= 4 is 17.8 Å². The van der Waals surface area contributed by atoms with Crippen molar-refractivity contribution in [2.24, 2.45) is 0 Å². The molecule has 2 aliphatic rings. The molecule has 0 unspecified atom stereocenters. The van der Waals surface area contributed by atoms with Crippen LogP contribution in [0.1, 0.15) is 31.8 Å². The smallest absolute Gasteiger partial charge is 0.351 e. The largest absolute Gasteiger partial charge is 0.496 e. The van der Waals surface area contributed by atoms with E-state index in [0.29, 0.717) is 39.9 Å². The van der Waals surface area contributed by atoms with E-state index >= 15 is 0 Å². The highest BCUT2D eigenvalue weighted by Gasteiger charge is 2.31. The minimum atomic E-state index is -0.655. The van der Waals surface area contributed by atoms with Gasteiger partial charge >= 0.3 is 5.97 Å². The molecule has 2 aliphatic heterocycles. The van der Waals surface area contributed by atoms with E-state index < -0.39 is 5.97 Å². The number of fused-ring (bicyclic) bond motifs is 2. The second-order valence-electron chi connectivity index (χ2n) is 7.54. The van der Waals surface area contributed by atoms with Crippen LogP contribution in [-0.4, -0.2) is 32.8 Å². The van der Waals surface area contributed by atoms with Gasteiger partial charge in [0.15, 0.2) is 17.3 Å². The molecule has 0 amide bonds. The molecule has 0 spiro atoms. The van der Waals surface area contributed by atoms with Crippen molar-refractivity contribution in [1.29, 1.82) is 0 Å². The fourth-order valence-corrected chi connectivity index (χ4v) is 3.84. The third-order valence-electron chi connectivity index (χ3n) is 5.57. The van der Waals surface area contributed by atoms with Crippen LogP contribution < -0.4 is 28.4 Å². The number of benzene rings is 3. The van der Waals surface area contributed by atoms with Gasteiger partial charge in [-0.05, 0) is 55.0 Å². The van der Waals surface area contributed by atoms with Gasteiger partial charge in [-0.1, -0.05) is 12.1 Å². The van der Waals surface area contributed by atoms with E-state index in [2.05, 4.69) is 0 Å². The van der Waals surface area contributed by atoms with Crippen molar-refractivity contribution in [3.63, 3.8) is 0 Å². The van der Waals surface area contributed by atoms with Gasteiger partial charge in [-0.2, -0.15) is 0 Å². The highest BCUT2D eigenvalue weighted by Crippen LogP contribution is 2.41. The van der Waals surface area contributed by atoms with Gasteiger partial charge in [0.2, 0.25) is 12.6 Å². The Balaban J connectivity index is 1.43. The Morgan fingerprint density at radius 2 is 1.68 bits per heavy atom. The molecule has 0 aliphatic carbocycles. The minimum Gasteiger partial charge on any atom is -0.496 e. The van der Waals surface area contributed by atoms with Crippen LogP contribution >= 0.6 is 0 Å². The molecule has 172 valence electrons. The molecule has 3 aromatic rings. The Kier molecular flexibility index (Phi) is 5.33. The molecule has 3 aromatic carbocycles. The zero-order valence-corrected chi connectivity index (χ0v) is 18.7. The molecule has 8 heteroatoms. The van der Waals surface area contributed by atoms with Crippen molar-refractivity contribution in [1.82, 2.24) is 0 Å². The number of hydrogen-bond acceptors (Lipinski definition) is 8. The Morgan fingerprint density at radius 3 is 2.41 bits per heavy atom. The Hall–Kier alpha value is -4.46.